The van der Waals surface area contributed by atoms with E-state index in [1.807, 2.05) is 24.3 Å². The Kier molecular flexibility index (Phi) is 5.15. The Morgan fingerprint density at radius 1 is 1.47 bits per heavy atom. The van der Waals surface area contributed by atoms with E-state index in [1.165, 1.54) is 0 Å². The predicted molar refractivity (Wildman–Crippen MR) is 62.1 cm³/mol. The molecule has 0 saturated heterocycles. The van der Waals surface area contributed by atoms with Crippen LogP contribution in [0.4, 0.5) is 5.69 Å². The molecule has 0 radical (unpaired) electrons. The van der Waals surface area contributed by atoms with Crippen molar-refractivity contribution in [2.75, 3.05) is 25.6 Å². The van der Waals surface area contributed by atoms with Gasteiger partial charge in [0.15, 0.2) is 0 Å². The minimum absolute atomic E-state index is 0.411. The molecule has 0 amide bonds. The molecule has 1 unspecified atom stereocenters. The van der Waals surface area contributed by atoms with E-state index in [0.717, 1.165) is 30.8 Å². The molecule has 0 heterocycles. The molecule has 0 saturated carbocycles. The van der Waals surface area contributed by atoms with Crippen LogP contribution in [0.2, 0.25) is 0 Å². The lowest BCUT2D eigenvalue weighted by molar-refractivity contribution is 0.197. The number of aliphatic hydroxyl groups is 1. The van der Waals surface area contributed by atoms with Gasteiger partial charge in [0.25, 0.3) is 0 Å². The Balaban J connectivity index is 2.43. The maximum absolute atomic E-state index is 9.41. The number of methoxy groups -OCH3 is 1. The van der Waals surface area contributed by atoms with Crippen molar-refractivity contribution in [2.24, 2.45) is 0 Å². The highest BCUT2D eigenvalue weighted by Gasteiger charge is 2.00. The third-order valence-electron chi connectivity index (χ3n) is 2.22. The van der Waals surface area contributed by atoms with E-state index in [9.17, 15) is 5.11 Å². The Labute approximate surface area is 91.1 Å². The van der Waals surface area contributed by atoms with Crippen LogP contribution in [0, 0.1) is 0 Å². The average Bonchev–Trinajstić information content (AvgIpc) is 2.25. The lowest BCUT2D eigenvalue weighted by atomic mass is 10.1. The summed E-state index contributed by atoms with van der Waals surface area (Å²) in [5.74, 6) is 0. The summed E-state index contributed by atoms with van der Waals surface area (Å²) in [6.07, 6.45) is 0.570. The molecule has 1 aromatic carbocycles. The molecule has 0 spiro atoms. The van der Waals surface area contributed by atoms with Gasteiger partial charge in [0.2, 0.25) is 0 Å². The fraction of sp³-hybridized carbons (Fsp3) is 0.500. The molecular weight excluding hydrogens is 190 g/mol. The van der Waals surface area contributed by atoms with E-state index in [1.54, 1.807) is 14.0 Å². The van der Waals surface area contributed by atoms with Crippen LogP contribution < -0.4 is 5.32 Å². The van der Waals surface area contributed by atoms with Gasteiger partial charge in [-0.1, -0.05) is 12.1 Å². The number of anilines is 1. The number of hydrogen-bond donors (Lipinski definition) is 2. The van der Waals surface area contributed by atoms with Crippen LogP contribution in [0.5, 0.6) is 0 Å². The van der Waals surface area contributed by atoms with Crippen LogP contribution in [-0.4, -0.2) is 25.4 Å². The smallest absolute Gasteiger partial charge is 0.0762 e. The van der Waals surface area contributed by atoms with E-state index in [4.69, 9.17) is 4.74 Å². The molecule has 0 aliphatic rings. The first-order chi connectivity index (χ1) is 7.24. The first-order valence-corrected chi connectivity index (χ1v) is 5.25. The maximum atomic E-state index is 9.41. The first-order valence-electron chi connectivity index (χ1n) is 5.25. The minimum Gasteiger partial charge on any atom is -0.389 e. The van der Waals surface area contributed by atoms with Gasteiger partial charge in [0.1, 0.15) is 0 Å². The SMILES string of the molecule is COCCCNc1cccc(C(C)O)c1. The van der Waals surface area contributed by atoms with Gasteiger partial charge in [0.05, 0.1) is 6.10 Å². The Morgan fingerprint density at radius 2 is 2.27 bits per heavy atom. The number of benzene rings is 1. The third-order valence-corrected chi connectivity index (χ3v) is 2.22. The van der Waals surface area contributed by atoms with Crippen LogP contribution in [0.3, 0.4) is 0 Å². The Morgan fingerprint density at radius 3 is 2.93 bits per heavy atom. The quantitative estimate of drug-likeness (QED) is 0.706. The zero-order valence-corrected chi connectivity index (χ0v) is 9.36. The second-order valence-electron chi connectivity index (χ2n) is 3.57. The number of nitrogens with one attached hydrogen (secondary N) is 1. The monoisotopic (exact) mass is 209 g/mol. The Bertz CT molecular complexity index is 287. The highest BCUT2D eigenvalue weighted by molar-refractivity contribution is 5.46. The van der Waals surface area contributed by atoms with E-state index in [0.29, 0.717) is 0 Å². The van der Waals surface area contributed by atoms with Crippen molar-refractivity contribution < 1.29 is 9.84 Å². The van der Waals surface area contributed by atoms with Gasteiger partial charge in [-0.05, 0) is 31.0 Å². The minimum atomic E-state index is -0.411. The zero-order valence-electron chi connectivity index (χ0n) is 9.36. The molecule has 0 bridgehead atoms. The third kappa shape index (κ3) is 4.32. The molecular formula is C12H19NO2. The summed E-state index contributed by atoms with van der Waals surface area (Å²) < 4.78 is 4.96. The number of hydrogen-bond acceptors (Lipinski definition) is 3. The summed E-state index contributed by atoms with van der Waals surface area (Å²) in [5.41, 5.74) is 1.98. The molecule has 0 fully saturated rings. The van der Waals surface area contributed by atoms with Crippen LogP contribution in [0.1, 0.15) is 25.0 Å². The topological polar surface area (TPSA) is 41.5 Å². The molecule has 1 aromatic rings. The summed E-state index contributed by atoms with van der Waals surface area (Å²) in [5, 5.41) is 12.7. The standard InChI is InChI=1S/C12H19NO2/c1-10(14)11-5-3-6-12(9-11)13-7-4-8-15-2/h3,5-6,9-10,13-14H,4,7-8H2,1-2H3. The van der Waals surface area contributed by atoms with Crippen molar-refractivity contribution in [3.63, 3.8) is 0 Å². The van der Waals surface area contributed by atoms with Gasteiger partial charge in [-0.3, -0.25) is 0 Å². The maximum Gasteiger partial charge on any atom is 0.0762 e. The Hall–Kier alpha value is -1.06. The van der Waals surface area contributed by atoms with Crippen LogP contribution in [0.25, 0.3) is 0 Å². The van der Waals surface area contributed by atoms with Gasteiger partial charge in [-0.15, -0.1) is 0 Å². The van der Waals surface area contributed by atoms with Crippen molar-refractivity contribution in [2.45, 2.75) is 19.4 Å². The van der Waals surface area contributed by atoms with Crippen LogP contribution in [0.15, 0.2) is 24.3 Å². The molecule has 2 N–H and O–H groups in total. The van der Waals surface area contributed by atoms with Gasteiger partial charge in [-0.2, -0.15) is 0 Å². The summed E-state index contributed by atoms with van der Waals surface area (Å²) in [7, 11) is 1.70. The van der Waals surface area contributed by atoms with Crippen LogP contribution >= 0.6 is 0 Å². The van der Waals surface area contributed by atoms with Gasteiger partial charge >= 0.3 is 0 Å². The molecule has 0 aromatic heterocycles. The summed E-state index contributed by atoms with van der Waals surface area (Å²) in [4.78, 5) is 0. The summed E-state index contributed by atoms with van der Waals surface area (Å²) >= 11 is 0. The van der Waals surface area contributed by atoms with Gasteiger partial charge < -0.3 is 15.2 Å². The fourth-order valence-electron chi connectivity index (χ4n) is 1.36. The lowest BCUT2D eigenvalue weighted by Gasteiger charge is -2.09. The fourth-order valence-corrected chi connectivity index (χ4v) is 1.36. The average molecular weight is 209 g/mol. The van der Waals surface area contributed by atoms with Crippen molar-refractivity contribution in [1.29, 1.82) is 0 Å². The first kappa shape index (κ1) is 12.0. The largest absolute Gasteiger partial charge is 0.389 e. The molecule has 15 heavy (non-hydrogen) atoms. The number of aliphatic hydroxyl groups excluding tert-OH is 1. The second kappa shape index (κ2) is 6.43. The van der Waals surface area contributed by atoms with Crippen molar-refractivity contribution in [3.05, 3.63) is 29.8 Å². The van der Waals surface area contributed by atoms with Crippen LogP contribution in [-0.2, 0) is 4.74 Å². The predicted octanol–water partition coefficient (Wildman–Crippen LogP) is 2.19. The number of ether oxygens (including phenoxy) is 1. The molecule has 3 nitrogen and oxygen atoms in total. The molecule has 1 atom stereocenters. The highest BCUT2D eigenvalue weighted by Crippen LogP contribution is 2.16. The lowest BCUT2D eigenvalue weighted by Crippen LogP contribution is -2.05. The van der Waals surface area contributed by atoms with E-state index in [-0.39, 0.29) is 0 Å². The summed E-state index contributed by atoms with van der Waals surface area (Å²) in [6.45, 7) is 3.42. The van der Waals surface area contributed by atoms with Crippen molar-refractivity contribution >= 4 is 5.69 Å². The molecule has 0 aliphatic heterocycles. The summed E-state index contributed by atoms with van der Waals surface area (Å²) in [6, 6.07) is 7.84. The number of rotatable bonds is 6. The zero-order chi connectivity index (χ0) is 11.1. The second-order valence-corrected chi connectivity index (χ2v) is 3.57. The highest BCUT2D eigenvalue weighted by atomic mass is 16.5. The normalized spacial score (nSPS) is 12.5. The molecule has 84 valence electrons. The van der Waals surface area contributed by atoms with E-state index in [2.05, 4.69) is 5.32 Å². The molecule has 1 rings (SSSR count). The van der Waals surface area contributed by atoms with E-state index < -0.39 is 6.10 Å². The van der Waals surface area contributed by atoms with Crippen molar-refractivity contribution in [1.82, 2.24) is 0 Å². The van der Waals surface area contributed by atoms with Crippen molar-refractivity contribution in [3.8, 4) is 0 Å². The van der Waals surface area contributed by atoms with Gasteiger partial charge in [-0.25, -0.2) is 0 Å². The molecule has 0 aliphatic carbocycles. The molecule has 3 heteroatoms. The van der Waals surface area contributed by atoms with Gasteiger partial charge in [0, 0.05) is 25.9 Å². The van der Waals surface area contributed by atoms with E-state index >= 15 is 0 Å².